The Bertz CT molecular complexity index is 783. The molecule has 1 aromatic rings. The number of rotatable bonds is 2. The number of benzene rings is 1. The highest BCUT2D eigenvalue weighted by molar-refractivity contribution is 5.52. The molecule has 1 aliphatic rings. The number of halogens is 8. The first-order valence-corrected chi connectivity index (χ1v) is 7.67. The Labute approximate surface area is 150 Å². The van der Waals surface area contributed by atoms with E-state index in [1.165, 1.54) is 12.1 Å². The lowest BCUT2D eigenvalue weighted by Gasteiger charge is -2.50. The van der Waals surface area contributed by atoms with Crippen LogP contribution in [0.3, 0.4) is 0 Å². The molecule has 1 nitrogen and oxygen atoms in total. The van der Waals surface area contributed by atoms with Gasteiger partial charge in [0, 0.05) is 6.42 Å². The van der Waals surface area contributed by atoms with Gasteiger partial charge in [-0.15, -0.1) is 0 Å². The number of nitrogens with zero attached hydrogens (tertiary/aromatic N) is 1. The Balaban J connectivity index is 3.04. The van der Waals surface area contributed by atoms with Crippen molar-refractivity contribution in [3.8, 4) is 6.07 Å². The highest BCUT2D eigenvalue weighted by Crippen LogP contribution is 2.62. The fraction of sp³-hybridized carbons (Fsp3) is 0.444. The summed E-state index contributed by atoms with van der Waals surface area (Å²) in [7, 11) is 0. The van der Waals surface area contributed by atoms with Crippen LogP contribution in [0, 0.1) is 17.8 Å². The van der Waals surface area contributed by atoms with Crippen molar-refractivity contribution in [1.29, 1.82) is 5.26 Å². The summed E-state index contributed by atoms with van der Waals surface area (Å²) in [5.74, 6) is 0. The Morgan fingerprint density at radius 2 is 1.52 bits per heavy atom. The van der Waals surface area contributed by atoms with Gasteiger partial charge in [-0.1, -0.05) is 29.8 Å². The molecular formula is C18H14F8N. The van der Waals surface area contributed by atoms with Crippen LogP contribution in [0.2, 0.25) is 0 Å². The molecule has 0 fully saturated rings. The van der Waals surface area contributed by atoms with Crippen molar-refractivity contribution in [3.63, 3.8) is 0 Å². The Morgan fingerprint density at radius 3 is 1.96 bits per heavy atom. The van der Waals surface area contributed by atoms with E-state index < -0.39 is 46.7 Å². The van der Waals surface area contributed by atoms with Gasteiger partial charge >= 0.3 is 18.0 Å². The van der Waals surface area contributed by atoms with Crippen LogP contribution in [0.25, 0.3) is 0 Å². The molecule has 0 heterocycles. The molecule has 1 aliphatic carbocycles. The number of allylic oxidation sites excluding steroid dienone is 2. The molecule has 0 bridgehead atoms. The van der Waals surface area contributed by atoms with E-state index in [2.05, 4.69) is 0 Å². The number of nitriles is 1. The van der Waals surface area contributed by atoms with Gasteiger partial charge in [0.2, 0.25) is 0 Å². The van der Waals surface area contributed by atoms with Crippen LogP contribution in [-0.2, 0) is 5.41 Å². The third kappa shape index (κ3) is 3.19. The zero-order chi connectivity index (χ0) is 20.9. The largest absolute Gasteiger partial charge is 0.432 e. The maximum absolute atomic E-state index is 15.3. The first-order valence-electron chi connectivity index (χ1n) is 7.67. The first-order chi connectivity index (χ1) is 12.1. The second kappa shape index (κ2) is 6.21. The maximum Gasteiger partial charge on any atom is 0.432 e. The molecule has 0 aromatic heterocycles. The Morgan fingerprint density at radius 1 is 1.00 bits per heavy atom. The number of hydrogen-bond acceptors (Lipinski definition) is 1. The highest BCUT2D eigenvalue weighted by Gasteiger charge is 2.82. The molecule has 2 unspecified atom stereocenters. The molecule has 0 N–H and O–H groups in total. The van der Waals surface area contributed by atoms with Crippen LogP contribution in [0.5, 0.6) is 0 Å². The van der Waals surface area contributed by atoms with Crippen LogP contribution in [0.4, 0.5) is 35.1 Å². The summed E-state index contributed by atoms with van der Waals surface area (Å²) in [6, 6.07) is 5.50. The monoisotopic (exact) mass is 396 g/mol. The fourth-order valence-corrected chi connectivity index (χ4v) is 3.77. The summed E-state index contributed by atoms with van der Waals surface area (Å²) in [5.41, 5.74) is -13.8. The second-order valence-electron chi connectivity index (χ2n) is 6.77. The van der Waals surface area contributed by atoms with Crippen molar-refractivity contribution in [3.05, 3.63) is 53.5 Å². The van der Waals surface area contributed by atoms with Crippen LogP contribution in [-0.4, -0.2) is 23.7 Å². The predicted molar refractivity (Wildman–Crippen MR) is 81.0 cm³/mol. The van der Waals surface area contributed by atoms with E-state index in [1.54, 1.807) is 0 Å². The van der Waals surface area contributed by atoms with Crippen molar-refractivity contribution in [2.24, 2.45) is 0 Å². The SMILES string of the molecule is CC1=CC(c2ccccc2C#N)(C(F)(C(F)(F)F)C(F)(F)F)CC(C)(F)[CH]1. The van der Waals surface area contributed by atoms with E-state index in [1.807, 2.05) is 0 Å². The van der Waals surface area contributed by atoms with E-state index >= 15 is 4.39 Å². The zero-order valence-electron chi connectivity index (χ0n) is 14.1. The summed E-state index contributed by atoms with van der Waals surface area (Å²) < 4.78 is 112. The third-order valence-electron chi connectivity index (χ3n) is 4.55. The van der Waals surface area contributed by atoms with Crippen LogP contribution >= 0.6 is 0 Å². The molecule has 0 aliphatic heterocycles. The minimum Gasteiger partial charge on any atom is -0.243 e. The quantitative estimate of drug-likeness (QED) is 0.570. The summed E-state index contributed by atoms with van der Waals surface area (Å²) in [5, 5.41) is 9.17. The smallest absolute Gasteiger partial charge is 0.243 e. The topological polar surface area (TPSA) is 23.8 Å². The zero-order valence-corrected chi connectivity index (χ0v) is 14.1. The van der Waals surface area contributed by atoms with E-state index in [9.17, 15) is 36.0 Å². The van der Waals surface area contributed by atoms with Gasteiger partial charge in [0.25, 0.3) is 0 Å². The van der Waals surface area contributed by atoms with E-state index in [-0.39, 0.29) is 5.57 Å². The van der Waals surface area contributed by atoms with Gasteiger partial charge < -0.3 is 0 Å². The highest BCUT2D eigenvalue weighted by atomic mass is 19.4. The van der Waals surface area contributed by atoms with Gasteiger partial charge in [-0.3, -0.25) is 0 Å². The maximum atomic E-state index is 15.3. The van der Waals surface area contributed by atoms with Crippen LogP contribution < -0.4 is 0 Å². The lowest BCUT2D eigenvalue weighted by molar-refractivity contribution is -0.360. The van der Waals surface area contributed by atoms with Crippen molar-refractivity contribution in [2.45, 2.75) is 49.4 Å². The van der Waals surface area contributed by atoms with Gasteiger partial charge in [-0.2, -0.15) is 31.6 Å². The molecule has 0 saturated carbocycles. The van der Waals surface area contributed by atoms with Crippen molar-refractivity contribution in [2.75, 3.05) is 0 Å². The third-order valence-corrected chi connectivity index (χ3v) is 4.55. The summed E-state index contributed by atoms with van der Waals surface area (Å²) in [4.78, 5) is 0. The number of hydrogen-bond donors (Lipinski definition) is 0. The second-order valence-corrected chi connectivity index (χ2v) is 6.77. The van der Waals surface area contributed by atoms with Gasteiger partial charge in [-0.05, 0) is 31.9 Å². The normalized spacial score (nSPS) is 27.1. The Kier molecular flexibility index (Phi) is 4.88. The predicted octanol–water partition coefficient (Wildman–Crippen LogP) is 5.91. The molecular weight excluding hydrogens is 382 g/mol. The van der Waals surface area contributed by atoms with E-state index in [4.69, 9.17) is 0 Å². The Hall–Kier alpha value is -2.11. The van der Waals surface area contributed by atoms with Crippen LogP contribution in [0.15, 0.2) is 35.9 Å². The van der Waals surface area contributed by atoms with Gasteiger partial charge in [0.05, 0.1) is 17.0 Å². The molecule has 0 amide bonds. The molecule has 1 aromatic carbocycles. The summed E-state index contributed by atoms with van der Waals surface area (Å²) in [6.07, 6.45) is -13.1. The van der Waals surface area contributed by atoms with Gasteiger partial charge in [0.15, 0.2) is 0 Å². The first kappa shape index (κ1) is 21.2. The number of alkyl halides is 8. The molecule has 0 saturated heterocycles. The molecule has 1 radical (unpaired) electrons. The lowest BCUT2D eigenvalue weighted by Crippen LogP contribution is -2.67. The van der Waals surface area contributed by atoms with Crippen molar-refractivity contribution >= 4 is 0 Å². The minimum absolute atomic E-state index is 0.297. The van der Waals surface area contributed by atoms with Crippen LogP contribution in [0.1, 0.15) is 31.4 Å². The summed E-state index contributed by atoms with van der Waals surface area (Å²) in [6.45, 7) is 1.84. The van der Waals surface area contributed by atoms with E-state index in [0.29, 0.717) is 6.08 Å². The molecule has 27 heavy (non-hydrogen) atoms. The van der Waals surface area contributed by atoms with Crippen molar-refractivity contribution < 1.29 is 35.1 Å². The molecule has 9 heteroatoms. The minimum atomic E-state index is -6.42. The molecule has 0 spiro atoms. The average Bonchev–Trinajstić information content (AvgIpc) is 2.49. The average molecular weight is 396 g/mol. The molecule has 2 rings (SSSR count). The molecule has 2 atom stereocenters. The summed E-state index contributed by atoms with van der Waals surface area (Å²) >= 11 is 0. The standard InChI is InChI=1S/C18H14F8N/c1-11-7-14(2,19)10-15(8-11,13-6-4-3-5-12(13)9-27)16(20,17(21,22)23)18(24,25)26/h3-8H,10H2,1-2H3. The lowest BCUT2D eigenvalue weighted by atomic mass is 9.58. The fourth-order valence-electron chi connectivity index (χ4n) is 3.77. The van der Waals surface area contributed by atoms with Crippen molar-refractivity contribution in [1.82, 2.24) is 0 Å². The van der Waals surface area contributed by atoms with Gasteiger partial charge in [-0.25, -0.2) is 8.78 Å². The van der Waals surface area contributed by atoms with E-state index in [0.717, 1.165) is 38.5 Å². The van der Waals surface area contributed by atoms with Gasteiger partial charge in [0.1, 0.15) is 5.67 Å². The molecule has 147 valence electrons.